The number of unbranched alkanes of at least 4 members (excludes halogenated alkanes) is 17. The van der Waals surface area contributed by atoms with E-state index in [1.165, 1.54) is 83.5 Å². The molecule has 0 spiro atoms. The van der Waals surface area contributed by atoms with Crippen LogP contribution in [-0.2, 0) is 38.7 Å². The number of esters is 2. The Hall–Kier alpha value is -2.39. The zero-order valence-corrected chi connectivity index (χ0v) is 37.2. The number of carbonyl (C=O) groups excluding carboxylic acids is 2. The van der Waals surface area contributed by atoms with Gasteiger partial charge in [0.05, 0.1) is 6.61 Å². The molecule has 1 fully saturated rings. The minimum Gasteiger partial charge on any atom is -0.462 e. The number of ether oxygens (including phenoxy) is 4. The lowest BCUT2D eigenvalue weighted by Crippen LogP contribution is -2.60. The summed E-state index contributed by atoms with van der Waals surface area (Å²) in [6, 6.07) is 0. The molecule has 342 valence electrons. The van der Waals surface area contributed by atoms with E-state index in [2.05, 4.69) is 50.3 Å². The van der Waals surface area contributed by atoms with Gasteiger partial charge < -0.3 is 34.3 Å². The summed E-state index contributed by atoms with van der Waals surface area (Å²) >= 11 is 0. The molecule has 0 aromatic carbocycles. The van der Waals surface area contributed by atoms with Crippen molar-refractivity contribution in [1.82, 2.24) is 0 Å². The normalized spacial score (nSPS) is 20.7. The van der Waals surface area contributed by atoms with E-state index in [0.29, 0.717) is 19.3 Å². The summed E-state index contributed by atoms with van der Waals surface area (Å²) in [4.78, 5) is 25.4. The molecule has 0 amide bonds. The Morgan fingerprint density at radius 1 is 0.576 bits per heavy atom. The third-order valence-corrected chi connectivity index (χ3v) is 10.9. The molecule has 1 aliphatic rings. The van der Waals surface area contributed by atoms with Gasteiger partial charge >= 0.3 is 11.9 Å². The molecule has 0 aromatic rings. The zero-order valence-electron chi connectivity index (χ0n) is 36.3. The van der Waals surface area contributed by atoms with Crippen LogP contribution in [-0.4, -0.2) is 96.0 Å². The van der Waals surface area contributed by atoms with Crippen LogP contribution in [0.15, 0.2) is 48.6 Å². The predicted molar refractivity (Wildman–Crippen MR) is 233 cm³/mol. The van der Waals surface area contributed by atoms with E-state index in [1.807, 2.05) is 12.2 Å². The van der Waals surface area contributed by atoms with Crippen molar-refractivity contribution >= 4 is 22.1 Å². The number of hydrogen-bond acceptors (Lipinski definition) is 11. The maximum atomic E-state index is 12.8. The van der Waals surface area contributed by atoms with Crippen LogP contribution in [0.1, 0.15) is 174 Å². The monoisotopic (exact) mass is 857 g/mol. The van der Waals surface area contributed by atoms with Crippen LogP contribution >= 0.6 is 0 Å². The summed E-state index contributed by atoms with van der Waals surface area (Å²) in [5.41, 5.74) is 0. The fraction of sp³-hybridized carbons (Fsp3) is 0.783. The van der Waals surface area contributed by atoms with Crippen LogP contribution in [0, 0.1) is 0 Å². The summed E-state index contributed by atoms with van der Waals surface area (Å²) < 4.78 is 54.0. The van der Waals surface area contributed by atoms with Crippen molar-refractivity contribution in [2.45, 2.75) is 211 Å². The average molecular weight is 857 g/mol. The first-order chi connectivity index (χ1) is 28.5. The summed E-state index contributed by atoms with van der Waals surface area (Å²) in [5, 5.41) is 30.9. The molecule has 13 heteroatoms. The number of rotatable bonds is 37. The third kappa shape index (κ3) is 31.2. The van der Waals surface area contributed by atoms with Gasteiger partial charge in [0.2, 0.25) is 0 Å². The predicted octanol–water partition coefficient (Wildman–Crippen LogP) is 9.17. The van der Waals surface area contributed by atoms with Gasteiger partial charge in [0, 0.05) is 12.8 Å². The van der Waals surface area contributed by atoms with E-state index < -0.39 is 71.2 Å². The van der Waals surface area contributed by atoms with Crippen molar-refractivity contribution in [1.29, 1.82) is 0 Å². The molecule has 0 aliphatic carbocycles. The molecule has 1 rings (SSSR count). The van der Waals surface area contributed by atoms with Gasteiger partial charge in [-0.25, -0.2) is 0 Å². The summed E-state index contributed by atoms with van der Waals surface area (Å²) in [6.07, 6.45) is 33.0. The highest BCUT2D eigenvalue weighted by Crippen LogP contribution is 2.24. The minimum atomic E-state index is -4.61. The SMILES string of the molecule is CCCCC/C=C/C/C=C/C/C=C/C/C=C/CCCC(=O)O[C@H](COC(=O)CCCCCCCCCCCCCCCC)CO[C@H]1O[C@H](CS(=O)(=O)O)[C@@H](O)C(O)C1O. The topological polar surface area (TPSA) is 186 Å². The fourth-order valence-corrected chi connectivity index (χ4v) is 7.30. The van der Waals surface area contributed by atoms with Gasteiger partial charge in [-0.2, -0.15) is 8.42 Å². The van der Waals surface area contributed by atoms with E-state index in [0.717, 1.165) is 44.9 Å². The van der Waals surface area contributed by atoms with Gasteiger partial charge in [-0.3, -0.25) is 14.1 Å². The van der Waals surface area contributed by atoms with Crippen LogP contribution in [0.25, 0.3) is 0 Å². The number of aliphatic hydroxyl groups is 3. The summed E-state index contributed by atoms with van der Waals surface area (Å²) in [7, 11) is -4.61. The van der Waals surface area contributed by atoms with Crippen molar-refractivity contribution in [3.05, 3.63) is 48.6 Å². The maximum Gasteiger partial charge on any atom is 0.306 e. The highest BCUT2D eigenvalue weighted by Gasteiger charge is 2.46. The Kier molecular flexibility index (Phi) is 33.6. The second-order valence-corrected chi connectivity index (χ2v) is 17.2. The van der Waals surface area contributed by atoms with Crippen molar-refractivity contribution in [2.75, 3.05) is 19.0 Å². The average Bonchev–Trinajstić information content (AvgIpc) is 3.20. The highest BCUT2D eigenvalue weighted by atomic mass is 32.2. The van der Waals surface area contributed by atoms with Crippen molar-refractivity contribution in [3.8, 4) is 0 Å². The summed E-state index contributed by atoms with van der Waals surface area (Å²) in [6.45, 7) is 3.68. The molecule has 0 bridgehead atoms. The molecule has 0 saturated carbocycles. The lowest BCUT2D eigenvalue weighted by molar-refractivity contribution is -0.297. The molecular formula is C46H80O12S. The number of allylic oxidation sites excluding steroid dienone is 8. The molecule has 1 aliphatic heterocycles. The van der Waals surface area contributed by atoms with Crippen LogP contribution in [0.2, 0.25) is 0 Å². The van der Waals surface area contributed by atoms with Crippen molar-refractivity contribution in [3.63, 3.8) is 0 Å². The van der Waals surface area contributed by atoms with Gasteiger partial charge in [-0.05, 0) is 51.4 Å². The molecule has 0 radical (unpaired) electrons. The van der Waals surface area contributed by atoms with E-state index in [-0.39, 0.29) is 19.4 Å². The zero-order chi connectivity index (χ0) is 43.4. The van der Waals surface area contributed by atoms with Crippen LogP contribution in [0.3, 0.4) is 0 Å². The number of hydrogen-bond donors (Lipinski definition) is 4. The molecule has 12 nitrogen and oxygen atoms in total. The third-order valence-electron chi connectivity index (χ3n) is 10.2. The van der Waals surface area contributed by atoms with Gasteiger partial charge in [-0.1, -0.05) is 159 Å². The lowest BCUT2D eigenvalue weighted by Gasteiger charge is -2.40. The molecule has 1 saturated heterocycles. The Bertz CT molecular complexity index is 1280. The highest BCUT2D eigenvalue weighted by molar-refractivity contribution is 7.85. The first kappa shape index (κ1) is 54.6. The molecule has 59 heavy (non-hydrogen) atoms. The molecule has 6 atom stereocenters. The van der Waals surface area contributed by atoms with E-state index in [4.69, 9.17) is 18.9 Å². The van der Waals surface area contributed by atoms with Crippen LogP contribution < -0.4 is 0 Å². The summed E-state index contributed by atoms with van der Waals surface area (Å²) in [5.74, 6) is -2.06. The lowest BCUT2D eigenvalue weighted by atomic mass is 10.00. The van der Waals surface area contributed by atoms with Gasteiger partial charge in [0.1, 0.15) is 36.8 Å². The first-order valence-corrected chi connectivity index (χ1v) is 24.3. The molecule has 2 unspecified atom stereocenters. The second kappa shape index (κ2) is 36.3. The van der Waals surface area contributed by atoms with Crippen LogP contribution in [0.4, 0.5) is 0 Å². The largest absolute Gasteiger partial charge is 0.462 e. The Morgan fingerprint density at radius 3 is 1.56 bits per heavy atom. The minimum absolute atomic E-state index is 0.0887. The van der Waals surface area contributed by atoms with Gasteiger partial charge in [-0.15, -0.1) is 0 Å². The molecule has 4 N–H and O–H groups in total. The number of aliphatic hydroxyl groups excluding tert-OH is 3. The number of carbonyl (C=O) groups is 2. The van der Waals surface area contributed by atoms with Gasteiger partial charge in [0.15, 0.2) is 12.4 Å². The Labute approximate surface area is 356 Å². The molecule has 1 heterocycles. The van der Waals surface area contributed by atoms with E-state index in [1.54, 1.807) is 0 Å². The smallest absolute Gasteiger partial charge is 0.306 e. The Morgan fingerprint density at radius 2 is 1.03 bits per heavy atom. The Balaban J connectivity index is 2.50. The molecular weight excluding hydrogens is 777 g/mol. The van der Waals surface area contributed by atoms with E-state index >= 15 is 0 Å². The maximum absolute atomic E-state index is 12.8. The quantitative estimate of drug-likeness (QED) is 0.0201. The fourth-order valence-electron chi connectivity index (χ4n) is 6.61. The van der Waals surface area contributed by atoms with Crippen molar-refractivity contribution < 1.29 is 56.8 Å². The second-order valence-electron chi connectivity index (χ2n) is 15.7. The molecule has 0 aromatic heterocycles. The standard InChI is InChI=1S/C46H80O12S/c1-3-5-7-9-11-13-15-17-19-20-21-23-25-27-29-31-33-35-42(48)57-39(37-56-46-45(51)44(50)43(49)40(58-46)38-59(52,53)54)36-55-41(47)34-32-30-28-26-24-22-18-16-14-12-10-8-6-4-2/h11,13,17,19,21,23,27,29,39-40,43-46,49-51H,3-10,12,14-16,18,20,22,24-26,28,30-38H2,1-2H3,(H,52,53,54)/b13-11+,19-17+,23-21+,29-27+/t39-,40-,43-,44?,45?,46+/m1/s1. The van der Waals surface area contributed by atoms with Crippen LogP contribution in [0.5, 0.6) is 0 Å². The van der Waals surface area contributed by atoms with E-state index in [9.17, 15) is 37.9 Å². The van der Waals surface area contributed by atoms with Gasteiger partial charge in [0.25, 0.3) is 10.1 Å². The first-order valence-electron chi connectivity index (χ1n) is 22.7. The van der Waals surface area contributed by atoms with Crippen molar-refractivity contribution in [2.24, 2.45) is 0 Å².